The third-order valence-corrected chi connectivity index (χ3v) is 5.49. The Kier molecular flexibility index (Phi) is 8.30. The van der Waals surface area contributed by atoms with Crippen LogP contribution in [0.4, 0.5) is 13.2 Å². The molecule has 27 heavy (non-hydrogen) atoms. The third-order valence-electron chi connectivity index (χ3n) is 2.70. The van der Waals surface area contributed by atoms with Gasteiger partial charge in [0.05, 0.1) is 0 Å². The highest BCUT2D eigenvalue weighted by Crippen LogP contribution is 2.13. The molecule has 0 heterocycles. The highest BCUT2D eigenvalue weighted by atomic mass is 127. The quantitative estimate of drug-likeness (QED) is 0.454. The van der Waals surface area contributed by atoms with Gasteiger partial charge in [-0.15, -0.1) is 0 Å². The maximum atomic E-state index is 10.5. The maximum Gasteiger partial charge on any atom is 0.430 e. The van der Waals surface area contributed by atoms with Crippen LogP contribution in [0.15, 0.2) is 54.1 Å². The molecule has 0 amide bonds. The standard InChI is InChI=1S/C16H9IN2O.C2HF3O2/c18-10-13(11-19)8-12-6-7-16(20)15(9-12)17-14-4-2-1-3-5-14;3-2(4,5)1(6)7/h1-9H;(H,6,7). The molecule has 2 aromatic carbocycles. The lowest BCUT2D eigenvalue weighted by Crippen LogP contribution is -3.61. The molecule has 0 bridgehead atoms. The van der Waals surface area contributed by atoms with Gasteiger partial charge in [-0.25, -0.2) is 0 Å². The molecule has 0 spiro atoms. The van der Waals surface area contributed by atoms with E-state index in [4.69, 9.17) is 20.4 Å². The van der Waals surface area contributed by atoms with E-state index in [-0.39, 0.29) is 11.3 Å². The largest absolute Gasteiger partial charge is 0.542 e. The van der Waals surface area contributed by atoms with E-state index in [1.54, 1.807) is 12.1 Å². The SMILES string of the molecule is N#CC(C#N)=Cc1ccc(O)c([I+]c2ccccc2)c1.O=C([O-])C(F)(F)F. The molecule has 0 aliphatic rings. The lowest BCUT2D eigenvalue weighted by molar-refractivity contribution is -0.598. The number of halogens is 4. The molecule has 9 heteroatoms. The minimum Gasteiger partial charge on any atom is -0.542 e. The second-order valence-corrected chi connectivity index (χ2v) is 7.61. The number of alkyl halides is 3. The molecule has 2 aromatic rings. The molecule has 0 saturated carbocycles. The second-order valence-electron chi connectivity index (χ2n) is 4.67. The van der Waals surface area contributed by atoms with Gasteiger partial charge in [0, 0.05) is 6.07 Å². The number of aliphatic carboxylic acids is 1. The van der Waals surface area contributed by atoms with Crippen LogP contribution in [0.25, 0.3) is 6.08 Å². The molecule has 1 N–H and O–H groups in total. The number of aromatic hydroxyl groups is 1. The van der Waals surface area contributed by atoms with E-state index >= 15 is 0 Å². The number of carbonyl (C=O) groups excluding carboxylic acids is 1. The normalized spacial score (nSPS) is 9.81. The predicted octanol–water partition coefficient (Wildman–Crippen LogP) is -0.750. The maximum absolute atomic E-state index is 10.5. The molecule has 5 nitrogen and oxygen atoms in total. The Morgan fingerprint density at radius 2 is 1.67 bits per heavy atom. The Bertz CT molecular complexity index is 898. The molecule has 0 aliphatic heterocycles. The van der Waals surface area contributed by atoms with E-state index < -0.39 is 33.4 Å². The van der Waals surface area contributed by atoms with Crippen LogP contribution in [0.2, 0.25) is 0 Å². The van der Waals surface area contributed by atoms with Crippen LogP contribution in [-0.4, -0.2) is 17.3 Å². The number of benzene rings is 2. The van der Waals surface area contributed by atoms with E-state index in [9.17, 15) is 18.3 Å². The van der Waals surface area contributed by atoms with Crippen molar-refractivity contribution < 1.29 is 49.4 Å². The first-order valence-electron chi connectivity index (χ1n) is 7.00. The van der Waals surface area contributed by atoms with Crippen molar-refractivity contribution in [1.29, 1.82) is 10.5 Å². The Labute approximate surface area is 162 Å². The molecule has 138 valence electrons. The summed E-state index contributed by atoms with van der Waals surface area (Å²) in [5.74, 6) is -2.75. The minimum atomic E-state index is -5.19. The third kappa shape index (κ3) is 7.79. The van der Waals surface area contributed by atoms with Gasteiger partial charge in [-0.1, -0.05) is 24.3 Å². The second kappa shape index (κ2) is 10.2. The zero-order valence-corrected chi connectivity index (χ0v) is 15.5. The summed E-state index contributed by atoms with van der Waals surface area (Å²) in [6, 6.07) is 18.8. The number of carbonyl (C=O) groups is 1. The fraction of sp³-hybridized carbons (Fsp3) is 0.0556. The van der Waals surface area contributed by atoms with E-state index in [2.05, 4.69) is 0 Å². The lowest BCUT2D eigenvalue weighted by atomic mass is 10.1. The number of hydrogen-bond acceptors (Lipinski definition) is 5. The average Bonchev–Trinajstić information content (AvgIpc) is 2.63. The highest BCUT2D eigenvalue weighted by molar-refractivity contribution is 5.70. The van der Waals surface area contributed by atoms with Gasteiger partial charge in [0.15, 0.2) is 9.32 Å². The van der Waals surface area contributed by atoms with Crippen molar-refractivity contribution in [2.24, 2.45) is 0 Å². The van der Waals surface area contributed by atoms with Crippen molar-refractivity contribution in [3.05, 3.63) is 66.8 Å². The smallest absolute Gasteiger partial charge is 0.430 e. The summed E-state index contributed by atoms with van der Waals surface area (Å²) >= 11 is -0.490. The van der Waals surface area contributed by atoms with Crippen molar-refractivity contribution in [2.75, 3.05) is 0 Å². The molecular weight excluding hydrogens is 476 g/mol. The summed E-state index contributed by atoms with van der Waals surface area (Å²) in [7, 11) is 0. The van der Waals surface area contributed by atoms with Gasteiger partial charge in [0.2, 0.25) is 3.57 Å². The number of hydrogen-bond donors (Lipinski definition) is 1. The molecular formula is C18H10F3IN2O3. The van der Waals surface area contributed by atoms with Crippen LogP contribution in [0, 0.1) is 29.8 Å². The van der Waals surface area contributed by atoms with Gasteiger partial charge < -0.3 is 15.0 Å². The zero-order chi connectivity index (χ0) is 20.4. The summed E-state index contributed by atoms with van der Waals surface area (Å²) in [6.45, 7) is 0. The molecule has 0 radical (unpaired) electrons. The van der Waals surface area contributed by atoms with Gasteiger partial charge in [-0.3, -0.25) is 0 Å². The molecule has 0 saturated heterocycles. The number of rotatable bonds is 3. The van der Waals surface area contributed by atoms with Gasteiger partial charge in [-0.2, -0.15) is 23.7 Å². The number of phenolic OH excluding ortho intramolecular Hbond substituents is 1. The molecule has 0 aliphatic carbocycles. The Morgan fingerprint density at radius 3 is 2.15 bits per heavy atom. The van der Waals surface area contributed by atoms with Crippen molar-refractivity contribution in [3.63, 3.8) is 0 Å². The van der Waals surface area contributed by atoms with Gasteiger partial charge in [-0.05, 0) is 29.8 Å². The molecule has 0 fully saturated rings. The van der Waals surface area contributed by atoms with Crippen LogP contribution < -0.4 is 26.3 Å². The average molecular weight is 486 g/mol. The monoisotopic (exact) mass is 486 g/mol. The van der Waals surface area contributed by atoms with Crippen molar-refractivity contribution in [3.8, 4) is 17.9 Å². The number of phenols is 1. The first-order chi connectivity index (χ1) is 12.7. The minimum absolute atomic E-state index is 0.0551. The number of nitrogens with zero attached hydrogens (tertiary/aromatic N) is 2. The van der Waals surface area contributed by atoms with Crippen LogP contribution in [0.5, 0.6) is 5.75 Å². The van der Waals surface area contributed by atoms with Crippen molar-refractivity contribution in [2.45, 2.75) is 6.18 Å². The predicted molar refractivity (Wildman–Crippen MR) is 82.2 cm³/mol. The van der Waals surface area contributed by atoms with Crippen LogP contribution in [-0.2, 0) is 4.79 Å². The Balaban J connectivity index is 0.000000445. The first-order valence-corrected chi connectivity index (χ1v) is 9.16. The summed E-state index contributed by atoms with van der Waals surface area (Å²) in [4.78, 5) is 8.78. The highest BCUT2D eigenvalue weighted by Gasteiger charge is 2.28. The number of allylic oxidation sites excluding steroid dienone is 1. The fourth-order valence-corrected chi connectivity index (χ4v) is 3.96. The van der Waals surface area contributed by atoms with Gasteiger partial charge in [0.1, 0.15) is 23.7 Å². The van der Waals surface area contributed by atoms with Gasteiger partial charge >= 0.3 is 27.4 Å². The van der Waals surface area contributed by atoms with Gasteiger partial charge in [0.25, 0.3) is 0 Å². The number of nitriles is 2. The molecule has 0 atom stereocenters. The van der Waals surface area contributed by atoms with Crippen LogP contribution >= 0.6 is 0 Å². The molecule has 0 unspecified atom stereocenters. The molecule has 2 rings (SSSR count). The van der Waals surface area contributed by atoms with Crippen molar-refractivity contribution in [1.82, 2.24) is 0 Å². The summed E-state index contributed by atoms with van der Waals surface area (Å²) in [6.07, 6.45) is -3.67. The van der Waals surface area contributed by atoms with E-state index in [0.29, 0.717) is 0 Å². The lowest BCUT2D eigenvalue weighted by Gasteiger charge is -2.03. The summed E-state index contributed by atoms with van der Waals surface area (Å²) in [5, 5.41) is 36.2. The number of carboxylic acid groups (broad SMARTS) is 1. The van der Waals surface area contributed by atoms with E-state index in [0.717, 1.165) is 9.13 Å². The van der Waals surface area contributed by atoms with Crippen LogP contribution in [0.1, 0.15) is 5.56 Å². The number of carboxylic acids is 1. The topological polar surface area (TPSA) is 108 Å². The fourth-order valence-electron chi connectivity index (χ4n) is 1.54. The summed E-state index contributed by atoms with van der Waals surface area (Å²) < 4.78 is 33.6. The van der Waals surface area contributed by atoms with Crippen LogP contribution in [0.3, 0.4) is 0 Å². The zero-order valence-electron chi connectivity index (χ0n) is 13.4. The van der Waals surface area contributed by atoms with Crippen molar-refractivity contribution >= 4 is 12.0 Å². The Hall–Kier alpha value is -3.05. The summed E-state index contributed by atoms with van der Waals surface area (Å²) in [5.41, 5.74) is 0.811. The van der Waals surface area contributed by atoms with E-state index in [1.165, 1.54) is 9.65 Å². The molecule has 0 aromatic heterocycles. The first kappa shape index (κ1) is 22.0. The van der Waals surface area contributed by atoms with E-state index in [1.807, 2.05) is 48.5 Å². The Morgan fingerprint density at radius 1 is 1.11 bits per heavy atom.